The van der Waals surface area contributed by atoms with E-state index in [4.69, 9.17) is 4.74 Å². The van der Waals surface area contributed by atoms with Crippen molar-refractivity contribution in [2.45, 2.75) is 38.8 Å². The zero-order valence-electron chi connectivity index (χ0n) is 21.0. The lowest BCUT2D eigenvalue weighted by Gasteiger charge is -2.33. The summed E-state index contributed by atoms with van der Waals surface area (Å²) in [7, 11) is 2.09. The van der Waals surface area contributed by atoms with Crippen molar-refractivity contribution >= 4 is 17.4 Å². The average molecular weight is 502 g/mol. The fourth-order valence-corrected chi connectivity index (χ4v) is 5.89. The Bertz CT molecular complexity index is 1300. The molecule has 2 amide bonds. The van der Waals surface area contributed by atoms with Gasteiger partial charge in [0.15, 0.2) is 0 Å². The van der Waals surface area contributed by atoms with E-state index < -0.39 is 0 Å². The van der Waals surface area contributed by atoms with Gasteiger partial charge in [0.05, 0.1) is 22.6 Å². The van der Waals surface area contributed by atoms with E-state index in [9.17, 15) is 10.1 Å². The summed E-state index contributed by atoms with van der Waals surface area (Å²) < 4.78 is 5.76. The maximum Gasteiger partial charge on any atom is 0.317 e. The molecule has 1 N–H and O–H groups in total. The molecule has 1 aromatic heterocycles. The van der Waals surface area contributed by atoms with Crippen LogP contribution >= 0.6 is 11.3 Å². The van der Waals surface area contributed by atoms with Gasteiger partial charge in [-0.05, 0) is 68.6 Å². The minimum Gasteiger partial charge on any atom is -0.490 e. The first-order valence-electron chi connectivity index (χ1n) is 12.5. The van der Waals surface area contributed by atoms with Gasteiger partial charge in [-0.25, -0.2) is 9.78 Å². The first-order valence-corrected chi connectivity index (χ1v) is 13.3. The number of nitriles is 1. The predicted molar refractivity (Wildman–Crippen MR) is 142 cm³/mol. The molecule has 0 unspecified atom stereocenters. The Morgan fingerprint density at radius 3 is 2.78 bits per heavy atom. The van der Waals surface area contributed by atoms with E-state index in [-0.39, 0.29) is 18.2 Å². The molecule has 186 valence electrons. The first kappa shape index (κ1) is 24.3. The smallest absolute Gasteiger partial charge is 0.317 e. The number of urea groups is 1. The number of likely N-dealkylation sites (N-methyl/N-ethyl adjacent to an activating group) is 1. The molecule has 2 aliphatic rings. The number of nitrogens with zero attached hydrogens (tertiary/aromatic N) is 4. The number of piperazine rings is 1. The van der Waals surface area contributed by atoms with Crippen LogP contribution in [0.15, 0.2) is 42.6 Å². The molecule has 0 spiro atoms. The summed E-state index contributed by atoms with van der Waals surface area (Å²) in [6, 6.07) is 14.3. The van der Waals surface area contributed by atoms with E-state index in [1.54, 1.807) is 11.3 Å². The molecule has 7 nitrogen and oxygen atoms in total. The number of benzene rings is 2. The normalized spacial score (nSPS) is 17.6. The second-order valence-corrected chi connectivity index (χ2v) is 10.8. The third-order valence-corrected chi connectivity index (χ3v) is 7.92. The number of carbonyl (C=O) groups is 1. The highest BCUT2D eigenvalue weighted by Gasteiger charge is 2.29. The second kappa shape index (κ2) is 10.3. The third-order valence-electron chi connectivity index (χ3n) is 6.84. The fraction of sp³-hybridized carbons (Fsp3) is 0.393. The molecule has 2 aromatic carbocycles. The van der Waals surface area contributed by atoms with E-state index in [1.807, 2.05) is 43.1 Å². The zero-order chi connectivity index (χ0) is 25.2. The molecule has 36 heavy (non-hydrogen) atoms. The Kier molecular flexibility index (Phi) is 6.95. The van der Waals surface area contributed by atoms with Crippen molar-refractivity contribution in [1.29, 1.82) is 5.26 Å². The van der Waals surface area contributed by atoms with Crippen LogP contribution in [0.2, 0.25) is 0 Å². The van der Waals surface area contributed by atoms with Gasteiger partial charge in [-0.2, -0.15) is 5.26 Å². The number of aromatic nitrogens is 1. The van der Waals surface area contributed by atoms with Crippen LogP contribution in [0.5, 0.6) is 5.75 Å². The van der Waals surface area contributed by atoms with Crippen molar-refractivity contribution in [3.63, 3.8) is 0 Å². The lowest BCUT2D eigenvalue weighted by atomic mass is 10.0. The molecule has 1 saturated heterocycles. The number of carbonyl (C=O) groups excluding carboxylic acids is 1. The fourth-order valence-electron chi connectivity index (χ4n) is 4.92. The van der Waals surface area contributed by atoms with Crippen LogP contribution in [0, 0.1) is 11.3 Å². The molecule has 1 fully saturated rings. The lowest BCUT2D eigenvalue weighted by molar-refractivity contribution is 0.151. The summed E-state index contributed by atoms with van der Waals surface area (Å²) in [6.07, 6.45) is 3.74. The molecule has 0 saturated carbocycles. The summed E-state index contributed by atoms with van der Waals surface area (Å²) in [5.41, 5.74) is 5.08. The van der Waals surface area contributed by atoms with E-state index in [0.29, 0.717) is 11.3 Å². The minimum absolute atomic E-state index is 0.00441. The molecule has 8 heteroatoms. The molecule has 1 aliphatic heterocycles. The predicted octanol–water partition coefficient (Wildman–Crippen LogP) is 5.08. The molecule has 3 aromatic rings. The second-order valence-electron chi connectivity index (χ2n) is 9.72. The highest BCUT2D eigenvalue weighted by molar-refractivity contribution is 7.18. The number of nitrogens with one attached hydrogen (secondary N) is 1. The zero-order valence-corrected chi connectivity index (χ0v) is 21.8. The summed E-state index contributed by atoms with van der Waals surface area (Å²) >= 11 is 1.62. The molecule has 0 bridgehead atoms. The Hall–Kier alpha value is -3.41. The van der Waals surface area contributed by atoms with Gasteiger partial charge < -0.3 is 19.9 Å². The van der Waals surface area contributed by atoms with Gasteiger partial charge in [-0.1, -0.05) is 18.2 Å². The van der Waals surface area contributed by atoms with Gasteiger partial charge >= 0.3 is 6.03 Å². The number of amides is 2. The van der Waals surface area contributed by atoms with Crippen molar-refractivity contribution in [1.82, 2.24) is 20.1 Å². The maximum absolute atomic E-state index is 12.9. The van der Waals surface area contributed by atoms with Crippen LogP contribution < -0.4 is 10.1 Å². The quantitative estimate of drug-likeness (QED) is 0.527. The van der Waals surface area contributed by atoms with E-state index in [2.05, 4.69) is 46.5 Å². The number of hydrogen-bond acceptors (Lipinski definition) is 6. The Balaban J connectivity index is 1.35. The summed E-state index contributed by atoms with van der Waals surface area (Å²) in [5.74, 6) is 0.596. The molecule has 0 radical (unpaired) electrons. The maximum atomic E-state index is 12.9. The van der Waals surface area contributed by atoms with Crippen LogP contribution in [0.25, 0.3) is 21.0 Å². The third kappa shape index (κ3) is 4.95. The van der Waals surface area contributed by atoms with Gasteiger partial charge in [0.2, 0.25) is 0 Å². The molecule has 1 aliphatic carbocycles. The number of fused-ring (bicyclic) bond motifs is 1. The highest BCUT2D eigenvalue weighted by atomic mass is 32.1. The van der Waals surface area contributed by atoms with Gasteiger partial charge in [0.25, 0.3) is 0 Å². The Morgan fingerprint density at radius 1 is 1.22 bits per heavy atom. The molecule has 5 rings (SSSR count). The van der Waals surface area contributed by atoms with Crippen LogP contribution in [0.3, 0.4) is 0 Å². The summed E-state index contributed by atoms with van der Waals surface area (Å²) in [4.78, 5) is 22.8. The van der Waals surface area contributed by atoms with Crippen molar-refractivity contribution in [2.75, 3.05) is 33.2 Å². The molecule has 1 atom stereocenters. The van der Waals surface area contributed by atoms with Gasteiger partial charge in [0, 0.05) is 37.9 Å². The van der Waals surface area contributed by atoms with Crippen molar-refractivity contribution < 1.29 is 9.53 Å². The van der Waals surface area contributed by atoms with E-state index >= 15 is 0 Å². The lowest BCUT2D eigenvalue weighted by Crippen LogP contribution is -2.51. The van der Waals surface area contributed by atoms with Gasteiger partial charge in [-0.15, -0.1) is 11.3 Å². The topological polar surface area (TPSA) is 81.5 Å². The number of thiazole rings is 1. The molecule has 2 heterocycles. The number of rotatable bonds is 5. The number of hydrogen-bond donors (Lipinski definition) is 1. The minimum atomic E-state index is 0.00441. The van der Waals surface area contributed by atoms with Gasteiger partial charge in [0.1, 0.15) is 16.8 Å². The van der Waals surface area contributed by atoms with Crippen LogP contribution in [0.4, 0.5) is 4.79 Å². The van der Waals surface area contributed by atoms with Gasteiger partial charge in [-0.3, -0.25) is 0 Å². The van der Waals surface area contributed by atoms with E-state index in [0.717, 1.165) is 54.5 Å². The SMILES string of the molecule is CC(C)Oc1ccc(-c2ncc(-c3cccc4c3CC[C@H]4NC(=O)N3CCN(C)CC3)s2)cc1C#N. The Labute approximate surface area is 216 Å². The number of ether oxygens (including phenoxy) is 1. The largest absolute Gasteiger partial charge is 0.490 e. The highest BCUT2D eigenvalue weighted by Crippen LogP contribution is 2.41. The van der Waals surface area contributed by atoms with Crippen LogP contribution in [-0.2, 0) is 6.42 Å². The van der Waals surface area contributed by atoms with Crippen molar-refractivity contribution in [3.8, 4) is 32.8 Å². The Morgan fingerprint density at radius 2 is 2.03 bits per heavy atom. The standard InChI is InChI=1S/C28H31N5O2S/c1-18(2)35-25-10-7-19(15-20(25)16-29)27-30-17-26(36-27)23-6-4-5-22-21(23)8-9-24(22)31-28(34)33-13-11-32(3)12-14-33/h4-7,10,15,17-18,24H,8-9,11-14H2,1-3H3,(H,31,34)/t24-/m1/s1. The van der Waals surface area contributed by atoms with Crippen LogP contribution in [0.1, 0.15) is 43.0 Å². The van der Waals surface area contributed by atoms with Crippen LogP contribution in [-0.4, -0.2) is 60.1 Å². The van der Waals surface area contributed by atoms with Crippen molar-refractivity contribution in [3.05, 3.63) is 59.3 Å². The first-order chi connectivity index (χ1) is 17.4. The molecular weight excluding hydrogens is 470 g/mol. The van der Waals surface area contributed by atoms with E-state index in [1.165, 1.54) is 16.7 Å². The summed E-state index contributed by atoms with van der Waals surface area (Å²) in [6.45, 7) is 7.25. The van der Waals surface area contributed by atoms with Crippen molar-refractivity contribution in [2.24, 2.45) is 0 Å². The average Bonchev–Trinajstić information content (AvgIpc) is 3.52. The monoisotopic (exact) mass is 501 g/mol. The molecular formula is C28H31N5O2S. The summed E-state index contributed by atoms with van der Waals surface area (Å²) in [5, 5.41) is 13.7.